The highest BCUT2D eigenvalue weighted by Crippen LogP contribution is 2.63. The van der Waals surface area contributed by atoms with Crippen LogP contribution in [0, 0.1) is 17.2 Å². The third kappa shape index (κ3) is 3.32. The maximum Gasteiger partial charge on any atom is 0.0998 e. The molecule has 5 aromatic rings. The Hall–Kier alpha value is -4.52. The Balaban J connectivity index is 1.30. The zero-order valence-electron chi connectivity index (χ0n) is 25.1. The smallest absolute Gasteiger partial charge is 0.0998 e. The minimum atomic E-state index is -0.208. The lowest BCUT2D eigenvalue weighted by atomic mass is 9.69. The van der Waals surface area contributed by atoms with Crippen molar-refractivity contribution < 1.29 is 0 Å². The Labute approximate surface area is 262 Å². The Morgan fingerprint density at radius 2 is 1.57 bits per heavy atom. The molecule has 212 valence electrons. The van der Waals surface area contributed by atoms with Crippen LogP contribution in [0.3, 0.4) is 0 Å². The van der Waals surface area contributed by atoms with Gasteiger partial charge < -0.3 is 4.98 Å². The van der Waals surface area contributed by atoms with Crippen LogP contribution in [0.2, 0.25) is 0 Å². The molecule has 9 rings (SSSR count). The molecule has 1 aromatic heterocycles. The van der Waals surface area contributed by atoms with Crippen LogP contribution in [0.4, 0.5) is 0 Å². The number of thioether (sulfide) groups is 1. The first-order valence-corrected chi connectivity index (χ1v) is 16.4. The molecule has 3 heteroatoms. The first kappa shape index (κ1) is 25.9. The van der Waals surface area contributed by atoms with Crippen LogP contribution in [0.25, 0.3) is 33.0 Å². The van der Waals surface area contributed by atoms with Gasteiger partial charge in [0.25, 0.3) is 0 Å². The van der Waals surface area contributed by atoms with Crippen LogP contribution in [-0.4, -0.2) is 10.2 Å². The number of allylic oxidation sites excluding steroid dienone is 7. The van der Waals surface area contributed by atoms with Gasteiger partial charge in [0.1, 0.15) is 0 Å². The van der Waals surface area contributed by atoms with Crippen LogP contribution >= 0.6 is 11.8 Å². The fraction of sp³-hybridized carbons (Fsp3) is 0.195. The molecule has 44 heavy (non-hydrogen) atoms. The Morgan fingerprint density at radius 3 is 2.45 bits per heavy atom. The van der Waals surface area contributed by atoms with Gasteiger partial charge in [-0.1, -0.05) is 124 Å². The molecule has 2 nitrogen and oxygen atoms in total. The summed E-state index contributed by atoms with van der Waals surface area (Å²) in [5.41, 5.74) is 11.8. The molecule has 3 aliphatic carbocycles. The maximum atomic E-state index is 10.2. The lowest BCUT2D eigenvalue weighted by Crippen LogP contribution is -2.30. The van der Waals surface area contributed by atoms with Gasteiger partial charge in [-0.2, -0.15) is 5.26 Å². The Bertz CT molecular complexity index is 2230. The lowest BCUT2D eigenvalue weighted by molar-refractivity contribution is 0.390. The number of aromatic nitrogens is 1. The molecule has 0 bridgehead atoms. The van der Waals surface area contributed by atoms with E-state index in [1.165, 1.54) is 43.5 Å². The van der Waals surface area contributed by atoms with Gasteiger partial charge in [0, 0.05) is 43.3 Å². The Morgan fingerprint density at radius 1 is 0.795 bits per heavy atom. The van der Waals surface area contributed by atoms with Crippen molar-refractivity contribution in [1.82, 2.24) is 4.98 Å². The predicted molar refractivity (Wildman–Crippen MR) is 184 cm³/mol. The van der Waals surface area contributed by atoms with Crippen molar-refractivity contribution in [2.24, 2.45) is 5.92 Å². The van der Waals surface area contributed by atoms with Gasteiger partial charge in [-0.3, -0.25) is 0 Å². The van der Waals surface area contributed by atoms with Gasteiger partial charge in [0.2, 0.25) is 0 Å². The van der Waals surface area contributed by atoms with Crippen molar-refractivity contribution in [3.05, 3.63) is 149 Å². The number of nitrogens with one attached hydrogen (secondary N) is 1. The Kier molecular flexibility index (Phi) is 5.31. The highest BCUT2D eigenvalue weighted by molar-refractivity contribution is 8.00. The van der Waals surface area contributed by atoms with Crippen LogP contribution in [-0.2, 0) is 10.8 Å². The first-order valence-electron chi connectivity index (χ1n) is 15.5. The highest BCUT2D eigenvalue weighted by Gasteiger charge is 2.52. The second kappa shape index (κ2) is 9.00. The minimum Gasteiger partial charge on any atom is -0.354 e. The number of hydrogen-bond donors (Lipinski definition) is 1. The van der Waals surface area contributed by atoms with E-state index >= 15 is 0 Å². The van der Waals surface area contributed by atoms with Gasteiger partial charge in [0.15, 0.2) is 0 Å². The summed E-state index contributed by atoms with van der Waals surface area (Å²) in [6.07, 6.45) is 14.3. The van der Waals surface area contributed by atoms with Gasteiger partial charge in [-0.15, -0.1) is 11.8 Å². The van der Waals surface area contributed by atoms with Crippen molar-refractivity contribution in [3.8, 4) is 6.07 Å². The molecule has 2 unspecified atom stereocenters. The molecule has 2 heterocycles. The van der Waals surface area contributed by atoms with Crippen molar-refractivity contribution in [2.45, 2.75) is 47.7 Å². The third-order valence-electron chi connectivity index (χ3n) is 10.8. The van der Waals surface area contributed by atoms with E-state index in [9.17, 15) is 5.26 Å². The summed E-state index contributed by atoms with van der Waals surface area (Å²) in [5, 5.41) is 12.9. The van der Waals surface area contributed by atoms with E-state index < -0.39 is 0 Å². The van der Waals surface area contributed by atoms with Gasteiger partial charge in [-0.25, -0.2) is 0 Å². The number of fused-ring (bicyclic) bond motifs is 10. The third-order valence-corrected chi connectivity index (χ3v) is 12.3. The number of nitriles is 1. The highest BCUT2D eigenvalue weighted by atomic mass is 32.2. The fourth-order valence-electron chi connectivity index (χ4n) is 8.61. The van der Waals surface area contributed by atoms with E-state index in [2.05, 4.69) is 135 Å². The average molecular weight is 585 g/mol. The number of H-pyrrole nitrogens is 1. The van der Waals surface area contributed by atoms with E-state index in [1.807, 2.05) is 23.9 Å². The molecular formula is C41H32N2S. The molecule has 0 radical (unpaired) electrons. The number of aromatic amines is 1. The van der Waals surface area contributed by atoms with Crippen molar-refractivity contribution >= 4 is 44.7 Å². The largest absolute Gasteiger partial charge is 0.354 e. The molecule has 0 fully saturated rings. The SMILES string of the molecule is CC1(C)c2c(ccc3c2S[C@H]2C=C(c4cccc5c4[nH]c4ccccc45)C(c4ccccc4C#N)=CC32C)[C@H]2C=CC=CC21. The summed E-state index contributed by atoms with van der Waals surface area (Å²) in [5.74, 6) is 0.912. The summed E-state index contributed by atoms with van der Waals surface area (Å²) in [6, 6.07) is 30.6. The zero-order chi connectivity index (χ0) is 29.8. The molecule has 4 aromatic carbocycles. The van der Waals surface area contributed by atoms with Crippen LogP contribution in [0.5, 0.6) is 0 Å². The molecule has 1 aliphatic heterocycles. The minimum absolute atomic E-state index is 0.0475. The molecule has 4 atom stereocenters. The molecular weight excluding hydrogens is 553 g/mol. The first-order chi connectivity index (χ1) is 21.4. The normalized spacial score (nSPS) is 25.6. The van der Waals surface area contributed by atoms with E-state index in [1.54, 1.807) is 0 Å². The van der Waals surface area contributed by atoms with Crippen molar-refractivity contribution in [1.29, 1.82) is 5.26 Å². The van der Waals surface area contributed by atoms with Crippen molar-refractivity contribution in [2.75, 3.05) is 0 Å². The van der Waals surface area contributed by atoms with Gasteiger partial charge in [0.05, 0.1) is 17.1 Å². The van der Waals surface area contributed by atoms with E-state index in [-0.39, 0.29) is 16.1 Å². The molecule has 1 N–H and O–H groups in total. The monoisotopic (exact) mass is 584 g/mol. The summed E-state index contributed by atoms with van der Waals surface area (Å²) < 4.78 is 0. The maximum absolute atomic E-state index is 10.2. The average Bonchev–Trinajstić information content (AvgIpc) is 3.65. The summed E-state index contributed by atoms with van der Waals surface area (Å²) >= 11 is 2.04. The zero-order valence-corrected chi connectivity index (χ0v) is 25.9. The number of para-hydroxylation sites is 2. The summed E-state index contributed by atoms with van der Waals surface area (Å²) in [4.78, 5) is 5.21. The van der Waals surface area contributed by atoms with E-state index in [0.29, 0.717) is 17.4 Å². The quantitative estimate of drug-likeness (QED) is 0.224. The van der Waals surface area contributed by atoms with E-state index in [4.69, 9.17) is 0 Å². The number of rotatable bonds is 2. The molecule has 0 spiro atoms. The lowest BCUT2D eigenvalue weighted by Gasteiger charge is -2.34. The topological polar surface area (TPSA) is 39.6 Å². The van der Waals surface area contributed by atoms with Crippen LogP contribution < -0.4 is 0 Å². The number of nitrogens with zero attached hydrogens (tertiary/aromatic N) is 1. The molecule has 0 amide bonds. The molecule has 0 saturated carbocycles. The second-order valence-corrected chi connectivity index (χ2v) is 14.6. The summed E-state index contributed by atoms with van der Waals surface area (Å²) in [6.45, 7) is 7.28. The van der Waals surface area contributed by atoms with Gasteiger partial charge in [-0.05, 0) is 56.9 Å². The van der Waals surface area contributed by atoms with Crippen LogP contribution in [0.1, 0.15) is 60.1 Å². The standard InChI is InChI=1S/C41H32N2S/c1-40(2)33-17-8-6-13-26(33)28-19-20-34-39(37(28)40)44-36-21-31(32(22-41(34,36)3)25-12-5-4-11-24(25)23-42)30-16-10-15-29-27-14-7-9-18-35(27)43-38(29)30/h4-22,26,33,36,43H,1-3H3/t26-,33?,36+,41?/m1/s1. The van der Waals surface area contributed by atoms with E-state index in [0.717, 1.165) is 22.2 Å². The predicted octanol–water partition coefficient (Wildman–Crippen LogP) is 10.2. The molecule has 4 aliphatic rings. The van der Waals surface area contributed by atoms with Crippen molar-refractivity contribution in [3.63, 3.8) is 0 Å². The number of hydrogen-bond acceptors (Lipinski definition) is 2. The van der Waals surface area contributed by atoms with Crippen LogP contribution in [0.15, 0.2) is 120 Å². The number of benzene rings is 4. The van der Waals surface area contributed by atoms with Gasteiger partial charge >= 0.3 is 0 Å². The summed E-state index contributed by atoms with van der Waals surface area (Å²) in [7, 11) is 0. The fourth-order valence-corrected chi connectivity index (χ4v) is 10.4. The molecule has 0 saturated heterocycles. The second-order valence-electron chi connectivity index (χ2n) is 13.5.